The topological polar surface area (TPSA) is 56.6 Å². The molecule has 0 radical (unpaired) electrons. The zero-order valence-corrected chi connectivity index (χ0v) is 14.9. The number of para-hydroxylation sites is 2. The Balaban J connectivity index is 1.50. The van der Waals surface area contributed by atoms with Crippen molar-refractivity contribution in [2.75, 3.05) is 25.7 Å². The molecule has 6 heteroatoms. The van der Waals surface area contributed by atoms with E-state index in [0.29, 0.717) is 19.4 Å². The largest absolute Gasteiger partial charge is 0.497 e. The summed E-state index contributed by atoms with van der Waals surface area (Å²) in [4.78, 5) is 19.2. The van der Waals surface area contributed by atoms with Crippen molar-refractivity contribution in [2.45, 2.75) is 19.4 Å². The summed E-state index contributed by atoms with van der Waals surface area (Å²) in [5, 5.41) is 0. The highest BCUT2D eigenvalue weighted by Crippen LogP contribution is 2.28. The number of amides is 1. The Labute approximate surface area is 152 Å². The van der Waals surface area contributed by atoms with Crippen molar-refractivity contribution in [1.82, 2.24) is 9.55 Å². The lowest BCUT2D eigenvalue weighted by molar-refractivity contribution is -0.118. The van der Waals surface area contributed by atoms with Crippen LogP contribution in [0.4, 0.5) is 5.95 Å². The standard InChI is InChI=1S/C20H21N3O3/c1-25-15-11-14(12-16(13-15)26-2)7-8-19(24)23-10-9-22-18-6-4-3-5-17(18)21-20(22)23/h3-6,11-13H,7-10H2,1-2H3. The lowest BCUT2D eigenvalue weighted by atomic mass is 10.1. The number of fused-ring (bicyclic) bond motifs is 3. The zero-order valence-electron chi connectivity index (χ0n) is 14.9. The molecule has 1 aliphatic heterocycles. The second-order valence-corrected chi connectivity index (χ2v) is 6.32. The van der Waals surface area contributed by atoms with E-state index in [4.69, 9.17) is 9.47 Å². The SMILES string of the molecule is COc1cc(CCC(=O)N2CCn3c2nc2ccccc23)cc(OC)c1. The van der Waals surface area contributed by atoms with Crippen molar-refractivity contribution in [3.63, 3.8) is 0 Å². The molecule has 0 N–H and O–H groups in total. The first-order valence-electron chi connectivity index (χ1n) is 8.67. The van der Waals surface area contributed by atoms with E-state index in [9.17, 15) is 4.79 Å². The highest BCUT2D eigenvalue weighted by atomic mass is 16.5. The van der Waals surface area contributed by atoms with Gasteiger partial charge in [-0.2, -0.15) is 0 Å². The number of benzene rings is 2. The zero-order chi connectivity index (χ0) is 18.1. The van der Waals surface area contributed by atoms with Gasteiger partial charge in [-0.3, -0.25) is 9.69 Å². The molecule has 1 amide bonds. The monoisotopic (exact) mass is 351 g/mol. The first kappa shape index (κ1) is 16.4. The fourth-order valence-corrected chi connectivity index (χ4v) is 3.42. The second-order valence-electron chi connectivity index (χ2n) is 6.32. The van der Waals surface area contributed by atoms with E-state index in [0.717, 1.165) is 40.6 Å². The Hall–Kier alpha value is -3.02. The molecule has 4 rings (SSSR count). The third-order valence-corrected chi connectivity index (χ3v) is 4.76. The smallest absolute Gasteiger partial charge is 0.229 e. The van der Waals surface area contributed by atoms with Crippen LogP contribution in [0.25, 0.3) is 11.0 Å². The Morgan fingerprint density at radius 1 is 1.08 bits per heavy atom. The van der Waals surface area contributed by atoms with Crippen molar-refractivity contribution < 1.29 is 14.3 Å². The van der Waals surface area contributed by atoms with Gasteiger partial charge in [-0.15, -0.1) is 0 Å². The van der Waals surface area contributed by atoms with Crippen molar-refractivity contribution in [1.29, 1.82) is 0 Å². The summed E-state index contributed by atoms with van der Waals surface area (Å²) in [6, 6.07) is 13.7. The number of carbonyl (C=O) groups is 1. The third-order valence-electron chi connectivity index (χ3n) is 4.76. The van der Waals surface area contributed by atoms with Crippen molar-refractivity contribution in [3.8, 4) is 11.5 Å². The highest BCUT2D eigenvalue weighted by Gasteiger charge is 2.27. The van der Waals surface area contributed by atoms with Crippen molar-refractivity contribution >= 4 is 22.9 Å². The molecule has 0 atom stereocenters. The van der Waals surface area contributed by atoms with Crippen LogP contribution < -0.4 is 14.4 Å². The number of aryl methyl sites for hydroxylation is 1. The first-order chi connectivity index (χ1) is 12.7. The molecule has 0 saturated heterocycles. The summed E-state index contributed by atoms with van der Waals surface area (Å²) in [7, 11) is 3.25. The van der Waals surface area contributed by atoms with Crippen LogP contribution in [0.3, 0.4) is 0 Å². The molecule has 26 heavy (non-hydrogen) atoms. The van der Waals surface area contributed by atoms with Crippen LogP contribution in [0.5, 0.6) is 11.5 Å². The van der Waals surface area contributed by atoms with Crippen molar-refractivity contribution in [3.05, 3.63) is 48.0 Å². The number of carbonyl (C=O) groups excluding carboxylic acids is 1. The maximum atomic E-state index is 12.8. The van der Waals surface area contributed by atoms with Crippen molar-refractivity contribution in [2.24, 2.45) is 0 Å². The van der Waals surface area contributed by atoms with Crippen LogP contribution in [-0.4, -0.2) is 36.2 Å². The van der Waals surface area contributed by atoms with Gasteiger partial charge >= 0.3 is 0 Å². The van der Waals surface area contributed by atoms with E-state index in [1.165, 1.54) is 0 Å². The molecule has 0 spiro atoms. The number of hydrogen-bond acceptors (Lipinski definition) is 4. The molecule has 1 aromatic heterocycles. The minimum atomic E-state index is 0.0841. The Morgan fingerprint density at radius 2 is 1.81 bits per heavy atom. The van der Waals surface area contributed by atoms with Gasteiger partial charge in [-0.1, -0.05) is 12.1 Å². The summed E-state index contributed by atoms with van der Waals surface area (Å²) < 4.78 is 12.7. The average Bonchev–Trinajstić information content (AvgIpc) is 3.25. The molecule has 6 nitrogen and oxygen atoms in total. The van der Waals surface area contributed by atoms with E-state index in [2.05, 4.69) is 9.55 Å². The van der Waals surface area contributed by atoms with Crippen LogP contribution in [0.2, 0.25) is 0 Å². The number of methoxy groups -OCH3 is 2. The summed E-state index contributed by atoms with van der Waals surface area (Å²) in [5.41, 5.74) is 3.02. The van der Waals surface area contributed by atoms with Gasteiger partial charge in [0.25, 0.3) is 0 Å². The van der Waals surface area contributed by atoms with Crippen LogP contribution in [0, 0.1) is 0 Å². The number of rotatable bonds is 5. The molecule has 2 aromatic carbocycles. The minimum Gasteiger partial charge on any atom is -0.497 e. The van der Waals surface area contributed by atoms with Gasteiger partial charge in [0.15, 0.2) is 0 Å². The van der Waals surface area contributed by atoms with Gasteiger partial charge in [0.05, 0.1) is 25.3 Å². The maximum Gasteiger partial charge on any atom is 0.229 e. The molecule has 134 valence electrons. The van der Waals surface area contributed by atoms with E-state index in [-0.39, 0.29) is 5.91 Å². The van der Waals surface area contributed by atoms with Crippen LogP contribution in [-0.2, 0) is 17.8 Å². The molecule has 0 fully saturated rings. The van der Waals surface area contributed by atoms with Gasteiger partial charge < -0.3 is 14.0 Å². The number of anilines is 1. The Kier molecular flexibility index (Phi) is 4.24. The van der Waals surface area contributed by atoms with Crippen LogP contribution in [0.15, 0.2) is 42.5 Å². The van der Waals surface area contributed by atoms with Gasteiger partial charge in [-0.05, 0) is 36.2 Å². The summed E-state index contributed by atoms with van der Waals surface area (Å²) in [6.07, 6.45) is 1.04. The van der Waals surface area contributed by atoms with Gasteiger partial charge in [0, 0.05) is 25.6 Å². The Morgan fingerprint density at radius 3 is 2.54 bits per heavy atom. The predicted octanol–water partition coefficient (Wildman–Crippen LogP) is 3.03. The lowest BCUT2D eigenvalue weighted by Gasteiger charge is -2.14. The molecule has 2 heterocycles. The molecule has 0 aliphatic carbocycles. The molecule has 1 aliphatic rings. The van der Waals surface area contributed by atoms with E-state index >= 15 is 0 Å². The number of nitrogens with zero attached hydrogens (tertiary/aromatic N) is 3. The van der Waals surface area contributed by atoms with Gasteiger partial charge in [-0.25, -0.2) is 4.98 Å². The molecule has 0 unspecified atom stereocenters. The number of aromatic nitrogens is 2. The highest BCUT2D eigenvalue weighted by molar-refractivity contribution is 5.95. The van der Waals surface area contributed by atoms with Gasteiger partial charge in [0.2, 0.25) is 11.9 Å². The molecule has 0 saturated carbocycles. The first-order valence-corrected chi connectivity index (χ1v) is 8.67. The lowest BCUT2D eigenvalue weighted by Crippen LogP contribution is -2.29. The molecule has 0 bridgehead atoms. The van der Waals surface area contributed by atoms with Crippen LogP contribution in [0.1, 0.15) is 12.0 Å². The van der Waals surface area contributed by atoms with Crippen LogP contribution >= 0.6 is 0 Å². The number of ether oxygens (including phenoxy) is 2. The minimum absolute atomic E-state index is 0.0841. The predicted molar refractivity (Wildman–Crippen MR) is 100.0 cm³/mol. The number of hydrogen-bond donors (Lipinski definition) is 0. The molecular weight excluding hydrogens is 330 g/mol. The average molecular weight is 351 g/mol. The van der Waals surface area contributed by atoms with E-state index in [1.807, 2.05) is 42.5 Å². The van der Waals surface area contributed by atoms with Gasteiger partial charge in [0.1, 0.15) is 11.5 Å². The normalized spacial score (nSPS) is 13.1. The third kappa shape index (κ3) is 2.87. The second kappa shape index (κ2) is 6.71. The number of imidazole rings is 1. The fraction of sp³-hybridized carbons (Fsp3) is 0.300. The molecule has 3 aromatic rings. The summed E-state index contributed by atoms with van der Waals surface area (Å²) in [5.74, 6) is 2.30. The van der Waals surface area contributed by atoms with E-state index < -0.39 is 0 Å². The fourth-order valence-electron chi connectivity index (χ4n) is 3.42. The molecular formula is C20H21N3O3. The quantitative estimate of drug-likeness (QED) is 0.709. The summed E-state index contributed by atoms with van der Waals surface area (Å²) in [6.45, 7) is 1.46. The maximum absolute atomic E-state index is 12.8. The van der Waals surface area contributed by atoms with E-state index in [1.54, 1.807) is 19.1 Å². The summed E-state index contributed by atoms with van der Waals surface area (Å²) >= 11 is 0. The Bertz CT molecular complexity index is 942.